The van der Waals surface area contributed by atoms with Crippen LogP contribution in [0, 0.1) is 10.1 Å². The molecule has 1 aliphatic rings. The van der Waals surface area contributed by atoms with Gasteiger partial charge in [0.15, 0.2) is 11.9 Å². The van der Waals surface area contributed by atoms with Crippen molar-refractivity contribution in [2.75, 3.05) is 13.1 Å². The van der Waals surface area contributed by atoms with E-state index >= 15 is 0 Å². The minimum absolute atomic E-state index is 0.176. The summed E-state index contributed by atoms with van der Waals surface area (Å²) >= 11 is 0. The normalized spacial score (nSPS) is 16.9. The Morgan fingerprint density at radius 1 is 1.39 bits per heavy atom. The molecule has 23 heavy (non-hydrogen) atoms. The lowest BCUT2D eigenvalue weighted by Gasteiger charge is -2.16. The Morgan fingerprint density at radius 3 is 2.52 bits per heavy atom. The van der Waals surface area contributed by atoms with E-state index < -0.39 is 32.6 Å². The van der Waals surface area contributed by atoms with Crippen molar-refractivity contribution < 1.29 is 22.9 Å². The Morgan fingerprint density at radius 2 is 2.00 bits per heavy atom. The van der Waals surface area contributed by atoms with Gasteiger partial charge in [0.2, 0.25) is 10.0 Å². The SMILES string of the molecule is CC(Oc1ccc(S(=O)(=O)N2CCCC2)cc1[N+](=O)[O-])C(N)=O. The fraction of sp³-hybridized carbons (Fsp3) is 0.462. The zero-order valence-electron chi connectivity index (χ0n) is 12.5. The van der Waals surface area contributed by atoms with Crippen LogP contribution in [-0.2, 0) is 14.8 Å². The summed E-state index contributed by atoms with van der Waals surface area (Å²) in [4.78, 5) is 21.3. The van der Waals surface area contributed by atoms with Crippen molar-refractivity contribution in [3.05, 3.63) is 28.3 Å². The zero-order valence-corrected chi connectivity index (χ0v) is 13.3. The maximum Gasteiger partial charge on any atom is 0.312 e. The maximum absolute atomic E-state index is 12.4. The van der Waals surface area contributed by atoms with Gasteiger partial charge in [-0.15, -0.1) is 0 Å². The van der Waals surface area contributed by atoms with Gasteiger partial charge in [-0.25, -0.2) is 8.42 Å². The van der Waals surface area contributed by atoms with Gasteiger partial charge in [0.05, 0.1) is 9.82 Å². The third-order valence-corrected chi connectivity index (χ3v) is 5.43. The number of primary amides is 1. The third-order valence-electron chi connectivity index (χ3n) is 3.53. The molecule has 1 atom stereocenters. The number of nitrogens with two attached hydrogens (primary N) is 1. The Kier molecular flexibility index (Phi) is 4.85. The van der Waals surface area contributed by atoms with Crippen LogP contribution < -0.4 is 10.5 Å². The number of nitro groups is 1. The van der Waals surface area contributed by atoms with E-state index in [0.29, 0.717) is 13.1 Å². The van der Waals surface area contributed by atoms with Gasteiger partial charge >= 0.3 is 5.69 Å². The number of nitrogens with zero attached hydrogens (tertiary/aromatic N) is 2. The average molecular weight is 343 g/mol. The standard InChI is InChI=1S/C13H17N3O6S/c1-9(13(14)17)22-12-5-4-10(8-11(12)16(18)19)23(20,21)15-6-2-3-7-15/h4-5,8-9H,2-3,6-7H2,1H3,(H2,14,17). The number of sulfonamides is 1. The topological polar surface area (TPSA) is 133 Å². The molecule has 2 N–H and O–H groups in total. The first kappa shape index (κ1) is 17.2. The van der Waals surface area contributed by atoms with Crippen molar-refractivity contribution >= 4 is 21.6 Å². The fourth-order valence-corrected chi connectivity index (χ4v) is 3.76. The van der Waals surface area contributed by atoms with E-state index in [-0.39, 0.29) is 10.6 Å². The van der Waals surface area contributed by atoms with Crippen LogP contribution >= 0.6 is 0 Å². The van der Waals surface area contributed by atoms with Gasteiger partial charge in [-0.05, 0) is 31.9 Å². The number of amides is 1. The van der Waals surface area contributed by atoms with Gasteiger partial charge in [-0.1, -0.05) is 0 Å². The Balaban J connectivity index is 2.39. The van der Waals surface area contributed by atoms with Crippen molar-refractivity contribution in [1.29, 1.82) is 0 Å². The minimum atomic E-state index is -3.77. The highest BCUT2D eigenvalue weighted by atomic mass is 32.2. The van der Waals surface area contributed by atoms with Gasteiger partial charge in [0.1, 0.15) is 0 Å². The van der Waals surface area contributed by atoms with Gasteiger partial charge in [-0.3, -0.25) is 14.9 Å². The summed E-state index contributed by atoms with van der Waals surface area (Å²) in [5, 5.41) is 11.2. The highest BCUT2D eigenvalue weighted by Gasteiger charge is 2.30. The molecule has 1 aromatic carbocycles. The molecule has 0 bridgehead atoms. The molecule has 0 spiro atoms. The smallest absolute Gasteiger partial charge is 0.312 e. The molecule has 0 radical (unpaired) electrons. The van der Waals surface area contributed by atoms with E-state index in [1.165, 1.54) is 23.4 Å². The van der Waals surface area contributed by atoms with E-state index in [1.54, 1.807) is 0 Å². The lowest BCUT2D eigenvalue weighted by atomic mass is 10.3. The van der Waals surface area contributed by atoms with Crippen LogP contribution in [0.15, 0.2) is 23.1 Å². The Hall–Kier alpha value is -2.20. The van der Waals surface area contributed by atoms with Crippen LogP contribution in [0.4, 0.5) is 5.69 Å². The molecule has 2 rings (SSSR count). The first-order valence-electron chi connectivity index (χ1n) is 6.98. The van der Waals surface area contributed by atoms with Gasteiger partial charge in [-0.2, -0.15) is 4.31 Å². The van der Waals surface area contributed by atoms with E-state index in [1.807, 2.05) is 0 Å². The lowest BCUT2D eigenvalue weighted by molar-refractivity contribution is -0.386. The van der Waals surface area contributed by atoms with Crippen LogP contribution in [-0.4, -0.2) is 42.7 Å². The molecular formula is C13H17N3O6S. The number of carbonyl (C=O) groups excluding carboxylic acids is 1. The van der Waals surface area contributed by atoms with Crippen molar-refractivity contribution in [3.8, 4) is 5.75 Å². The van der Waals surface area contributed by atoms with E-state index in [9.17, 15) is 23.3 Å². The molecule has 126 valence electrons. The fourth-order valence-electron chi connectivity index (χ4n) is 2.23. The molecule has 0 aromatic heterocycles. The quantitative estimate of drug-likeness (QED) is 0.595. The van der Waals surface area contributed by atoms with Crippen molar-refractivity contribution in [3.63, 3.8) is 0 Å². The molecule has 1 amide bonds. The number of rotatable bonds is 6. The molecule has 1 heterocycles. The summed E-state index contributed by atoms with van der Waals surface area (Å²) in [5.74, 6) is -0.991. The molecule has 1 aromatic rings. The molecule has 0 saturated carbocycles. The molecule has 1 unspecified atom stereocenters. The monoisotopic (exact) mass is 343 g/mol. The number of ether oxygens (including phenoxy) is 1. The number of hydrogen-bond acceptors (Lipinski definition) is 6. The van der Waals surface area contributed by atoms with Crippen LogP contribution in [0.25, 0.3) is 0 Å². The molecule has 9 nitrogen and oxygen atoms in total. The first-order valence-corrected chi connectivity index (χ1v) is 8.42. The van der Waals surface area contributed by atoms with E-state index in [0.717, 1.165) is 18.9 Å². The zero-order chi connectivity index (χ0) is 17.2. The summed E-state index contributed by atoms with van der Waals surface area (Å²) in [5.41, 5.74) is 4.53. The second kappa shape index (κ2) is 6.50. The lowest BCUT2D eigenvalue weighted by Crippen LogP contribution is -2.31. The average Bonchev–Trinajstić information content (AvgIpc) is 3.01. The van der Waals surface area contributed by atoms with Gasteiger partial charge in [0, 0.05) is 19.2 Å². The summed E-state index contributed by atoms with van der Waals surface area (Å²) in [6, 6.07) is 3.33. The maximum atomic E-state index is 12.4. The van der Waals surface area contributed by atoms with Crippen LogP contribution in [0.2, 0.25) is 0 Å². The molecule has 0 aliphatic carbocycles. The third kappa shape index (κ3) is 3.59. The summed E-state index contributed by atoms with van der Waals surface area (Å²) in [7, 11) is -3.77. The number of hydrogen-bond donors (Lipinski definition) is 1. The second-order valence-corrected chi connectivity index (χ2v) is 7.10. The predicted molar refractivity (Wildman–Crippen MR) is 80.4 cm³/mol. The van der Waals surface area contributed by atoms with Crippen molar-refractivity contribution in [2.45, 2.75) is 30.8 Å². The minimum Gasteiger partial charge on any atom is -0.474 e. The van der Waals surface area contributed by atoms with Crippen molar-refractivity contribution in [2.24, 2.45) is 5.73 Å². The highest BCUT2D eigenvalue weighted by molar-refractivity contribution is 7.89. The molecule has 10 heteroatoms. The Bertz CT molecular complexity index is 727. The van der Waals surface area contributed by atoms with Crippen molar-refractivity contribution in [1.82, 2.24) is 4.31 Å². The van der Waals surface area contributed by atoms with Crippen LogP contribution in [0.1, 0.15) is 19.8 Å². The van der Waals surface area contributed by atoms with Gasteiger partial charge in [0.25, 0.3) is 5.91 Å². The number of nitro benzene ring substituents is 1. The van der Waals surface area contributed by atoms with Gasteiger partial charge < -0.3 is 10.5 Å². The van der Waals surface area contributed by atoms with Crippen LogP contribution in [0.5, 0.6) is 5.75 Å². The summed E-state index contributed by atoms with van der Waals surface area (Å²) in [6.45, 7) is 2.14. The van der Waals surface area contributed by atoms with E-state index in [2.05, 4.69) is 0 Å². The molecule has 1 aliphatic heterocycles. The molecule has 1 saturated heterocycles. The second-order valence-electron chi connectivity index (χ2n) is 5.16. The molecule has 1 fully saturated rings. The number of benzene rings is 1. The van der Waals surface area contributed by atoms with Crippen LogP contribution in [0.3, 0.4) is 0 Å². The first-order chi connectivity index (χ1) is 10.7. The molecular weight excluding hydrogens is 326 g/mol. The largest absolute Gasteiger partial charge is 0.474 e. The number of carbonyl (C=O) groups is 1. The van der Waals surface area contributed by atoms with E-state index in [4.69, 9.17) is 10.5 Å². The predicted octanol–water partition coefficient (Wildman–Crippen LogP) is 0.632. The summed E-state index contributed by atoms with van der Waals surface area (Å²) < 4.78 is 31.3. The summed E-state index contributed by atoms with van der Waals surface area (Å²) in [6.07, 6.45) is 0.451. The Labute approximate surface area is 133 Å². The highest BCUT2D eigenvalue weighted by Crippen LogP contribution is 2.32.